The van der Waals surface area contributed by atoms with Crippen LogP contribution >= 0.6 is 0 Å². The van der Waals surface area contributed by atoms with E-state index in [9.17, 15) is 73.5 Å². The molecule has 0 saturated heterocycles. The van der Waals surface area contributed by atoms with Gasteiger partial charge in [-0.15, -0.1) is 0 Å². The molecule has 0 fully saturated rings. The number of carbonyl (C=O) groups is 10. The average Bonchev–Trinajstić information content (AvgIpc) is 0.856. The van der Waals surface area contributed by atoms with Gasteiger partial charge in [0.15, 0.2) is 12.2 Å². The molecule has 0 bridgehead atoms. The second-order valence-corrected chi connectivity index (χ2v) is 34.0. The van der Waals surface area contributed by atoms with E-state index in [1.54, 1.807) is 0 Å². The van der Waals surface area contributed by atoms with E-state index in [0.717, 1.165) is 99.7 Å². The van der Waals surface area contributed by atoms with Crippen molar-refractivity contribution in [2.24, 2.45) is 0 Å². The second-order valence-electron chi connectivity index (χ2n) is 34.0. The Labute approximate surface area is 743 Å². The van der Waals surface area contributed by atoms with Crippen molar-refractivity contribution in [3.63, 3.8) is 0 Å². The third-order valence-corrected chi connectivity index (χ3v) is 22.6. The molecule has 3 unspecified atom stereocenters. The van der Waals surface area contributed by atoms with Gasteiger partial charge in [-0.1, -0.05) is 336 Å². The maximum absolute atomic E-state index is 14.2. The first-order chi connectivity index (χ1) is 59.8. The first-order valence-electron chi connectivity index (χ1n) is 49.4. The first-order valence-corrected chi connectivity index (χ1v) is 49.4. The van der Waals surface area contributed by atoms with Crippen molar-refractivity contribution in [1.29, 1.82) is 0 Å². The minimum Gasteiger partial charge on any atom is -0.480 e. The summed E-state index contributed by atoms with van der Waals surface area (Å²) in [7, 11) is 0. The van der Waals surface area contributed by atoms with Crippen LogP contribution in [0.25, 0.3) is 0 Å². The third-order valence-electron chi connectivity index (χ3n) is 22.6. The molecule has 3 atom stereocenters. The maximum Gasteiger partial charge on any atom is 0.320 e. The van der Waals surface area contributed by atoms with Crippen LogP contribution in [0, 0.1) is 0 Å². The number of nitrogens with one attached hydrogen (secondary N) is 1. The molecule has 1 amide bonds. The van der Waals surface area contributed by atoms with Gasteiger partial charge in [-0.3, -0.25) is 62.6 Å². The van der Waals surface area contributed by atoms with Gasteiger partial charge >= 0.3 is 53.7 Å². The van der Waals surface area contributed by atoms with Crippen LogP contribution in [0.5, 0.6) is 0 Å². The number of nitrogens with zero attached hydrogens (tertiary/aromatic N) is 3. The van der Waals surface area contributed by atoms with Gasteiger partial charge in [0.05, 0.1) is 72.4 Å². The lowest BCUT2D eigenvalue weighted by molar-refractivity contribution is -0.194. The number of carboxylic acids is 5. The second kappa shape index (κ2) is 88.4. The highest BCUT2D eigenvalue weighted by Crippen LogP contribution is 2.23. The normalized spacial score (nSPS) is 12.5. The van der Waals surface area contributed by atoms with E-state index in [1.807, 2.05) is 0 Å². The molecule has 0 heterocycles. The monoisotopic (exact) mass is 1760 g/mol. The van der Waals surface area contributed by atoms with E-state index >= 15 is 0 Å². The molecule has 0 spiro atoms. The highest BCUT2D eigenvalue weighted by molar-refractivity contribution is 5.76. The Morgan fingerprint density at radius 1 is 0.285 bits per heavy atom. The van der Waals surface area contributed by atoms with Crippen molar-refractivity contribution in [2.45, 2.75) is 437 Å². The lowest BCUT2D eigenvalue weighted by Gasteiger charge is -2.32. The minimum atomic E-state index is -1.30. The molecule has 720 valence electrons. The zero-order valence-electron chi connectivity index (χ0n) is 77.9. The average molecular weight is 1760 g/mol. The van der Waals surface area contributed by atoms with Crippen LogP contribution in [0.4, 0.5) is 0 Å². The third kappa shape index (κ3) is 80.7. The van der Waals surface area contributed by atoms with Gasteiger partial charge in [0.2, 0.25) is 5.91 Å². The number of ether oxygens (including phenoxy) is 8. The molecule has 0 rings (SSSR count). The van der Waals surface area contributed by atoms with Gasteiger partial charge in [0, 0.05) is 64.8 Å². The Morgan fingerprint density at radius 2 is 0.545 bits per heavy atom. The highest BCUT2D eigenvalue weighted by Gasteiger charge is 2.38. The van der Waals surface area contributed by atoms with Gasteiger partial charge in [-0.2, -0.15) is 0 Å². The molecule has 0 aliphatic heterocycles. The molecule has 0 aliphatic rings. The maximum atomic E-state index is 14.2. The van der Waals surface area contributed by atoms with Crippen molar-refractivity contribution >= 4 is 59.6 Å². The predicted molar refractivity (Wildman–Crippen MR) is 483 cm³/mol. The van der Waals surface area contributed by atoms with E-state index in [4.69, 9.17) is 37.9 Å². The fourth-order valence-corrected chi connectivity index (χ4v) is 15.3. The van der Waals surface area contributed by atoms with E-state index in [-0.39, 0.29) is 137 Å². The minimum absolute atomic E-state index is 0.0188. The summed E-state index contributed by atoms with van der Waals surface area (Å²) in [6.45, 7) is 5.87. The molecule has 123 heavy (non-hydrogen) atoms. The molecule has 0 saturated carbocycles. The number of carbonyl (C=O) groups excluding carboxylic acids is 5. The van der Waals surface area contributed by atoms with Gasteiger partial charge in [-0.05, 0) is 44.9 Å². The topological polar surface area (TPSA) is 367 Å². The summed E-state index contributed by atoms with van der Waals surface area (Å²) in [5, 5.41) is 50.6. The van der Waals surface area contributed by atoms with Crippen LogP contribution in [-0.2, 0) is 85.8 Å². The van der Waals surface area contributed by atoms with Gasteiger partial charge in [-0.25, -0.2) is 0 Å². The summed E-state index contributed by atoms with van der Waals surface area (Å²) in [5.41, 5.74) is 0. The molecule has 0 aromatic rings. The number of amides is 1. The SMILES string of the molecule is CCCCCCCCCCCCCCCC(=O)OCC(OC(=O)CCCCCCCCCCCCCCC)C(OCCOCCOCCOCCC(=O)NCCCCC(C(=O)O)N(CCN(CC(=O)O)CC(=O)O)CCN(CC(=O)O)CC(=O)O)C(COC(=O)CCCCCCCCCCCCCCC)OC(=O)CCCCCCCCCCCCCCC. The van der Waals surface area contributed by atoms with Gasteiger partial charge in [0.25, 0.3) is 0 Å². The lowest BCUT2D eigenvalue weighted by atomic mass is 10.0. The van der Waals surface area contributed by atoms with Crippen molar-refractivity contribution in [3.8, 4) is 0 Å². The first kappa shape index (κ1) is 117. The predicted octanol–water partition coefficient (Wildman–Crippen LogP) is 19.6. The Bertz CT molecular complexity index is 2390. The van der Waals surface area contributed by atoms with Crippen LogP contribution in [-0.4, -0.2) is 243 Å². The summed E-state index contributed by atoms with van der Waals surface area (Å²) < 4.78 is 48.7. The Balaban J connectivity index is 6.41. The molecule has 0 aromatic heterocycles. The molecule has 0 aromatic carbocycles. The summed E-state index contributed by atoms with van der Waals surface area (Å²) in [5.74, 6) is -8.68. The molecular formula is C96H178N4O23. The number of hydrogen-bond donors (Lipinski definition) is 6. The van der Waals surface area contributed by atoms with Gasteiger partial charge in [0.1, 0.15) is 25.4 Å². The largest absolute Gasteiger partial charge is 0.480 e. The summed E-state index contributed by atoms with van der Waals surface area (Å²) >= 11 is 0. The van der Waals surface area contributed by atoms with E-state index in [0.29, 0.717) is 38.5 Å². The van der Waals surface area contributed by atoms with Crippen molar-refractivity contribution in [2.75, 3.05) is 118 Å². The van der Waals surface area contributed by atoms with Crippen LogP contribution in [0.2, 0.25) is 0 Å². The zero-order valence-corrected chi connectivity index (χ0v) is 77.9. The van der Waals surface area contributed by atoms with Crippen molar-refractivity contribution < 1.29 is 111 Å². The van der Waals surface area contributed by atoms with Crippen molar-refractivity contribution in [3.05, 3.63) is 0 Å². The number of carboxylic acid groups (broad SMARTS) is 5. The number of rotatable bonds is 98. The van der Waals surface area contributed by atoms with E-state index in [2.05, 4.69) is 33.0 Å². The Hall–Kier alpha value is -5.58. The number of hydrogen-bond acceptors (Lipinski definition) is 21. The summed E-state index contributed by atoms with van der Waals surface area (Å²) in [6, 6.07) is -1.20. The summed E-state index contributed by atoms with van der Waals surface area (Å²) in [6.07, 6.45) is 57.4. The molecule has 27 heteroatoms. The number of esters is 4. The van der Waals surface area contributed by atoms with E-state index < -0.39 is 104 Å². The molecular weight excluding hydrogens is 1580 g/mol. The highest BCUT2D eigenvalue weighted by atomic mass is 16.6. The number of unbranched alkanes of at least 4 members (excludes halogenated alkanes) is 49. The van der Waals surface area contributed by atoms with Crippen LogP contribution in [0.3, 0.4) is 0 Å². The molecule has 0 radical (unpaired) electrons. The smallest absolute Gasteiger partial charge is 0.320 e. The Morgan fingerprint density at radius 3 is 0.821 bits per heavy atom. The van der Waals surface area contributed by atoms with Crippen molar-refractivity contribution in [1.82, 2.24) is 20.0 Å². The fraction of sp³-hybridized carbons (Fsp3) is 0.896. The summed E-state index contributed by atoms with van der Waals surface area (Å²) in [4.78, 5) is 131. The van der Waals surface area contributed by atoms with Crippen LogP contribution in [0.1, 0.15) is 413 Å². The van der Waals surface area contributed by atoms with Crippen LogP contribution in [0.15, 0.2) is 0 Å². The Kier molecular flexibility index (Phi) is 84.4. The molecule has 0 aliphatic carbocycles. The zero-order chi connectivity index (χ0) is 90.3. The standard InChI is InChI=1S/C96H178N4O23/c1-5-9-13-17-21-25-29-33-37-41-45-49-53-60-91(110)120-81-84(122-93(112)62-55-51-47-43-39-35-31-27-23-19-15-11-7-3)95(85(123-94(113)63-56-52-48-44-40-36-32-28-24-20-16-12-8-4)82-121-92(111)61-54-50-46-42-38-34-30-26-22-18-14-10-6-2)119-76-75-118-74-73-117-72-71-116-70-64-86(101)97-65-58-57-59-83(96(114)115)100(68-66-98(77-87(102)103)78-88(104)105)69-67-99(79-89(106)107)80-90(108)109/h83-85,95H,5-82H2,1-4H3,(H,97,101)(H,102,103)(H,104,105)(H,106,107)(H,108,109)(H,114,115). The lowest BCUT2D eigenvalue weighted by Crippen LogP contribution is -2.50. The van der Waals surface area contributed by atoms with Crippen LogP contribution < -0.4 is 5.32 Å². The van der Waals surface area contributed by atoms with Gasteiger partial charge < -0.3 is 68.7 Å². The number of aliphatic carboxylic acids is 5. The molecule has 27 nitrogen and oxygen atoms in total. The molecule has 6 N–H and O–H groups in total. The fourth-order valence-electron chi connectivity index (χ4n) is 15.3. The quantitative estimate of drug-likeness (QED) is 0.0187. The van der Waals surface area contributed by atoms with E-state index in [1.165, 1.54) is 223 Å².